The quantitative estimate of drug-likeness (QED) is 0.388. The molecule has 16 heavy (non-hydrogen) atoms. The van der Waals surface area contributed by atoms with Gasteiger partial charge in [-0.1, -0.05) is 30.4 Å². The molecule has 0 aliphatic heterocycles. The Balaban J connectivity index is 4.23. The summed E-state index contributed by atoms with van der Waals surface area (Å²) in [5.41, 5.74) is 3.14. The first-order valence-corrected chi connectivity index (χ1v) is 5.49. The first-order valence-electron chi connectivity index (χ1n) is 5.49. The predicted molar refractivity (Wildman–Crippen MR) is 68.2 cm³/mol. The Hall–Kier alpha value is -1.31. The number of esters is 1. The molecule has 90 valence electrons. The summed E-state index contributed by atoms with van der Waals surface area (Å²) in [4.78, 5) is 10.9. The molecule has 0 amide bonds. The lowest BCUT2D eigenvalue weighted by atomic mass is 10.0. The third-order valence-corrected chi connectivity index (χ3v) is 2.41. The van der Waals surface area contributed by atoms with Gasteiger partial charge in [-0.25, -0.2) is 0 Å². The predicted octanol–water partition coefficient (Wildman–Crippen LogP) is 3.80. The van der Waals surface area contributed by atoms with E-state index in [0.29, 0.717) is 0 Å². The Bertz CT molecular complexity index is 311. The lowest BCUT2D eigenvalue weighted by molar-refractivity contribution is -0.144. The number of allylic oxidation sites excluding steroid dienone is 3. The Morgan fingerprint density at radius 1 is 1.25 bits per heavy atom. The molecule has 0 heterocycles. The van der Waals surface area contributed by atoms with Crippen molar-refractivity contribution in [2.24, 2.45) is 0 Å². The Morgan fingerprint density at radius 2 is 1.81 bits per heavy atom. The topological polar surface area (TPSA) is 26.3 Å². The molecule has 0 aromatic rings. The van der Waals surface area contributed by atoms with E-state index in [2.05, 4.69) is 19.2 Å². The Labute approximate surface area is 98.7 Å². The average molecular weight is 222 g/mol. The van der Waals surface area contributed by atoms with Crippen molar-refractivity contribution in [2.75, 3.05) is 0 Å². The summed E-state index contributed by atoms with van der Waals surface area (Å²) in [6.45, 7) is 15.0. The van der Waals surface area contributed by atoms with Gasteiger partial charge in [-0.2, -0.15) is 0 Å². The Kier molecular flexibility index (Phi) is 6.47. The van der Waals surface area contributed by atoms with E-state index in [4.69, 9.17) is 4.74 Å². The summed E-state index contributed by atoms with van der Waals surface area (Å²) in [6.07, 6.45) is 3.58. The molecule has 0 fully saturated rings. The normalized spacial score (nSPS) is 13.1. The highest BCUT2D eigenvalue weighted by molar-refractivity contribution is 5.66. The van der Waals surface area contributed by atoms with Crippen LogP contribution in [0.1, 0.15) is 40.5 Å². The summed E-state index contributed by atoms with van der Waals surface area (Å²) in [6, 6.07) is 0. The third kappa shape index (κ3) is 6.23. The van der Waals surface area contributed by atoms with Crippen LogP contribution in [0, 0.1) is 0 Å². The smallest absolute Gasteiger partial charge is 0.303 e. The van der Waals surface area contributed by atoms with Gasteiger partial charge in [-0.05, 0) is 39.2 Å². The van der Waals surface area contributed by atoms with E-state index in [1.54, 1.807) is 0 Å². The molecule has 0 spiro atoms. The first kappa shape index (κ1) is 14.7. The van der Waals surface area contributed by atoms with Crippen LogP contribution in [0.3, 0.4) is 0 Å². The molecule has 0 rings (SSSR count). The monoisotopic (exact) mass is 222 g/mol. The van der Waals surface area contributed by atoms with Crippen molar-refractivity contribution in [3.63, 3.8) is 0 Å². The third-order valence-electron chi connectivity index (χ3n) is 2.41. The van der Waals surface area contributed by atoms with Crippen molar-refractivity contribution in [2.45, 2.75) is 46.6 Å². The second-order valence-electron chi connectivity index (χ2n) is 4.19. The van der Waals surface area contributed by atoms with Crippen LogP contribution in [0.4, 0.5) is 0 Å². The van der Waals surface area contributed by atoms with Crippen molar-refractivity contribution in [3.8, 4) is 0 Å². The largest absolute Gasteiger partial charge is 0.458 e. The Morgan fingerprint density at radius 3 is 2.19 bits per heavy atom. The molecular formula is C14H22O2. The highest BCUT2D eigenvalue weighted by Gasteiger charge is 2.11. The van der Waals surface area contributed by atoms with Crippen LogP contribution < -0.4 is 0 Å². The summed E-state index contributed by atoms with van der Waals surface area (Å²) in [5.74, 6) is -0.256. The number of carbonyl (C=O) groups excluding carboxylic acids is 1. The first-order chi connectivity index (χ1) is 7.34. The van der Waals surface area contributed by atoms with Gasteiger partial charge >= 0.3 is 5.97 Å². The summed E-state index contributed by atoms with van der Waals surface area (Å²) in [7, 11) is 0. The molecule has 0 saturated heterocycles. The maximum atomic E-state index is 10.9. The zero-order valence-electron chi connectivity index (χ0n) is 10.8. The SMILES string of the molecule is C=C(C)C(C)=CCCC(OC(C)=O)C(=C)C. The van der Waals surface area contributed by atoms with E-state index in [-0.39, 0.29) is 12.1 Å². The number of hydrogen-bond acceptors (Lipinski definition) is 2. The molecule has 0 aromatic heterocycles. The van der Waals surface area contributed by atoms with Gasteiger partial charge < -0.3 is 4.74 Å². The van der Waals surface area contributed by atoms with Gasteiger partial charge in [0.25, 0.3) is 0 Å². The van der Waals surface area contributed by atoms with Gasteiger partial charge in [0.1, 0.15) is 6.10 Å². The summed E-state index contributed by atoms with van der Waals surface area (Å²) < 4.78 is 5.16. The van der Waals surface area contributed by atoms with E-state index in [0.717, 1.165) is 24.0 Å². The van der Waals surface area contributed by atoms with Gasteiger partial charge in [0, 0.05) is 6.92 Å². The van der Waals surface area contributed by atoms with Crippen LogP contribution in [0.25, 0.3) is 0 Å². The van der Waals surface area contributed by atoms with E-state index < -0.39 is 0 Å². The zero-order chi connectivity index (χ0) is 12.7. The number of carbonyl (C=O) groups is 1. The van der Waals surface area contributed by atoms with Crippen LogP contribution >= 0.6 is 0 Å². The van der Waals surface area contributed by atoms with Gasteiger partial charge in [0.05, 0.1) is 0 Å². The molecule has 0 aromatic carbocycles. The second-order valence-corrected chi connectivity index (χ2v) is 4.19. The van der Waals surface area contributed by atoms with Gasteiger partial charge in [-0.3, -0.25) is 4.79 Å². The maximum absolute atomic E-state index is 10.9. The standard InChI is InChI=1S/C14H22O2/c1-10(2)12(5)8-7-9-14(11(3)4)16-13(6)15/h8,14H,1,3,7,9H2,2,4-6H3. The molecule has 0 radical (unpaired) electrons. The highest BCUT2D eigenvalue weighted by Crippen LogP contribution is 2.14. The van der Waals surface area contributed by atoms with Crippen LogP contribution in [0.5, 0.6) is 0 Å². The van der Waals surface area contributed by atoms with Crippen LogP contribution in [-0.2, 0) is 9.53 Å². The fraction of sp³-hybridized carbons (Fsp3) is 0.500. The molecule has 0 bridgehead atoms. The minimum Gasteiger partial charge on any atom is -0.458 e. The lowest BCUT2D eigenvalue weighted by Gasteiger charge is -2.16. The fourth-order valence-electron chi connectivity index (χ4n) is 1.23. The van der Waals surface area contributed by atoms with E-state index in [9.17, 15) is 4.79 Å². The minimum absolute atomic E-state index is 0.174. The molecular weight excluding hydrogens is 200 g/mol. The molecule has 0 aliphatic rings. The van der Waals surface area contributed by atoms with Crippen molar-refractivity contribution in [3.05, 3.63) is 36.0 Å². The minimum atomic E-state index is -0.256. The lowest BCUT2D eigenvalue weighted by Crippen LogP contribution is -2.16. The molecule has 1 atom stereocenters. The number of ether oxygens (including phenoxy) is 1. The van der Waals surface area contributed by atoms with Crippen LogP contribution in [0.15, 0.2) is 36.0 Å². The molecule has 1 unspecified atom stereocenters. The summed E-state index contributed by atoms with van der Waals surface area (Å²) >= 11 is 0. The second kappa shape index (κ2) is 7.04. The van der Waals surface area contributed by atoms with Crippen LogP contribution in [0.2, 0.25) is 0 Å². The average Bonchev–Trinajstić information content (AvgIpc) is 2.14. The molecule has 2 nitrogen and oxygen atoms in total. The van der Waals surface area contributed by atoms with Gasteiger partial charge in [0.15, 0.2) is 0 Å². The fourth-order valence-corrected chi connectivity index (χ4v) is 1.23. The van der Waals surface area contributed by atoms with E-state index in [1.807, 2.05) is 20.8 Å². The highest BCUT2D eigenvalue weighted by atomic mass is 16.5. The number of hydrogen-bond donors (Lipinski definition) is 0. The molecule has 0 aliphatic carbocycles. The van der Waals surface area contributed by atoms with Crippen LogP contribution in [-0.4, -0.2) is 12.1 Å². The van der Waals surface area contributed by atoms with Crippen molar-refractivity contribution >= 4 is 5.97 Å². The maximum Gasteiger partial charge on any atom is 0.303 e. The van der Waals surface area contributed by atoms with Crippen molar-refractivity contribution in [1.82, 2.24) is 0 Å². The van der Waals surface area contributed by atoms with Gasteiger partial charge in [0.2, 0.25) is 0 Å². The number of rotatable bonds is 6. The molecule has 0 saturated carbocycles. The summed E-state index contributed by atoms with van der Waals surface area (Å²) in [5, 5.41) is 0. The van der Waals surface area contributed by atoms with Crippen molar-refractivity contribution in [1.29, 1.82) is 0 Å². The van der Waals surface area contributed by atoms with Crippen molar-refractivity contribution < 1.29 is 9.53 Å². The zero-order valence-corrected chi connectivity index (χ0v) is 10.8. The molecule has 2 heteroatoms. The molecule has 0 N–H and O–H groups in total. The van der Waals surface area contributed by atoms with E-state index >= 15 is 0 Å². The van der Waals surface area contributed by atoms with E-state index in [1.165, 1.54) is 12.5 Å². The van der Waals surface area contributed by atoms with Gasteiger partial charge in [-0.15, -0.1) is 0 Å².